The first-order chi connectivity index (χ1) is 13.2. The highest BCUT2D eigenvalue weighted by Gasteiger charge is 2.21. The summed E-state index contributed by atoms with van der Waals surface area (Å²) in [5.41, 5.74) is 2.76. The Labute approximate surface area is 157 Å². The van der Waals surface area contributed by atoms with Crippen molar-refractivity contribution < 1.29 is 19.1 Å². The number of hydrogen-bond donors (Lipinski definition) is 1. The number of nitrogens with one attached hydrogen (secondary N) is 1. The van der Waals surface area contributed by atoms with Gasteiger partial charge in [0.25, 0.3) is 0 Å². The van der Waals surface area contributed by atoms with Crippen LogP contribution in [0.2, 0.25) is 0 Å². The van der Waals surface area contributed by atoms with E-state index in [2.05, 4.69) is 5.32 Å². The predicted molar refractivity (Wildman–Crippen MR) is 101 cm³/mol. The monoisotopic (exact) mass is 364 g/mol. The first kappa shape index (κ1) is 17.1. The Hall–Kier alpha value is -3.28. The van der Waals surface area contributed by atoms with Crippen molar-refractivity contribution in [3.05, 3.63) is 59.7 Å². The van der Waals surface area contributed by atoms with E-state index in [-0.39, 0.29) is 18.6 Å². The number of rotatable bonds is 5. The number of ether oxygens (including phenoxy) is 2. The van der Waals surface area contributed by atoms with Crippen LogP contribution in [0.5, 0.6) is 11.5 Å². The van der Waals surface area contributed by atoms with Gasteiger partial charge in [-0.2, -0.15) is 0 Å². The third kappa shape index (κ3) is 3.95. The van der Waals surface area contributed by atoms with Crippen molar-refractivity contribution in [1.82, 2.24) is 5.32 Å². The molecular weight excluding hydrogens is 344 g/mol. The Kier molecular flexibility index (Phi) is 4.78. The van der Waals surface area contributed by atoms with Crippen LogP contribution < -0.4 is 19.7 Å². The molecule has 0 radical (unpaired) electrons. The Morgan fingerprint density at radius 3 is 2.70 bits per heavy atom. The van der Waals surface area contributed by atoms with Gasteiger partial charge in [0, 0.05) is 31.3 Å². The highest BCUT2D eigenvalue weighted by Crippen LogP contribution is 2.32. The molecule has 0 atom stereocenters. The van der Waals surface area contributed by atoms with Gasteiger partial charge in [-0.3, -0.25) is 9.59 Å². The Balaban J connectivity index is 1.31. The van der Waals surface area contributed by atoms with Crippen molar-refractivity contribution in [2.45, 2.75) is 19.4 Å². The van der Waals surface area contributed by atoms with Gasteiger partial charge in [0.05, 0.1) is 0 Å². The summed E-state index contributed by atoms with van der Waals surface area (Å²) in [6.45, 7) is 1.42. The summed E-state index contributed by atoms with van der Waals surface area (Å²) in [4.78, 5) is 25.6. The van der Waals surface area contributed by atoms with Crippen LogP contribution in [0.3, 0.4) is 0 Å². The molecule has 2 heterocycles. The fraction of sp³-hybridized carbons (Fsp3) is 0.238. The van der Waals surface area contributed by atoms with Crippen LogP contribution in [0.25, 0.3) is 6.08 Å². The second kappa shape index (κ2) is 7.53. The molecule has 2 aliphatic heterocycles. The van der Waals surface area contributed by atoms with Crippen molar-refractivity contribution in [1.29, 1.82) is 0 Å². The van der Waals surface area contributed by atoms with Crippen molar-refractivity contribution in [3.8, 4) is 11.5 Å². The van der Waals surface area contributed by atoms with Crippen LogP contribution in [0.4, 0.5) is 5.69 Å². The van der Waals surface area contributed by atoms with Crippen LogP contribution in [-0.2, 0) is 16.1 Å². The number of anilines is 1. The molecule has 2 aromatic carbocycles. The molecule has 4 rings (SSSR count). The smallest absolute Gasteiger partial charge is 0.244 e. The third-order valence-electron chi connectivity index (χ3n) is 4.61. The molecule has 0 bridgehead atoms. The topological polar surface area (TPSA) is 67.9 Å². The number of nitrogens with zero attached hydrogens (tertiary/aromatic N) is 1. The molecule has 0 aromatic heterocycles. The van der Waals surface area contributed by atoms with Gasteiger partial charge < -0.3 is 19.7 Å². The molecule has 0 unspecified atom stereocenters. The fourth-order valence-electron chi connectivity index (χ4n) is 3.16. The molecule has 0 saturated carbocycles. The van der Waals surface area contributed by atoms with E-state index in [9.17, 15) is 9.59 Å². The number of fused-ring (bicyclic) bond motifs is 1. The Morgan fingerprint density at radius 2 is 1.93 bits per heavy atom. The molecule has 0 aliphatic carbocycles. The zero-order valence-corrected chi connectivity index (χ0v) is 14.8. The van der Waals surface area contributed by atoms with Crippen LogP contribution in [-0.4, -0.2) is 25.2 Å². The number of carbonyl (C=O) groups excluding carboxylic acids is 2. The first-order valence-corrected chi connectivity index (χ1v) is 8.94. The van der Waals surface area contributed by atoms with Gasteiger partial charge in [-0.15, -0.1) is 0 Å². The van der Waals surface area contributed by atoms with E-state index < -0.39 is 0 Å². The largest absolute Gasteiger partial charge is 0.454 e. The molecule has 27 heavy (non-hydrogen) atoms. The predicted octanol–water partition coefficient (Wildman–Crippen LogP) is 2.87. The summed E-state index contributed by atoms with van der Waals surface area (Å²) < 4.78 is 10.6. The summed E-state index contributed by atoms with van der Waals surface area (Å²) in [5.74, 6) is 1.42. The number of amides is 2. The summed E-state index contributed by atoms with van der Waals surface area (Å²) in [6, 6.07) is 13.2. The van der Waals surface area contributed by atoms with Crippen LogP contribution in [0.1, 0.15) is 24.0 Å². The normalized spacial score (nSPS) is 15.6. The van der Waals surface area contributed by atoms with E-state index in [1.54, 1.807) is 11.0 Å². The average Bonchev–Trinajstić information content (AvgIpc) is 3.33. The molecule has 1 fully saturated rings. The van der Waals surface area contributed by atoms with Gasteiger partial charge >= 0.3 is 0 Å². The minimum absolute atomic E-state index is 0.168. The standard InChI is InChI=1S/C21H20N2O4/c24-20(22-13-16-5-9-18-19(12-16)27-14-26-18)10-6-15-3-7-17(8-4-15)23-11-1-2-21(23)25/h3-10,12H,1-2,11,13-14H2,(H,22,24)/b10-6+. The highest BCUT2D eigenvalue weighted by atomic mass is 16.7. The van der Waals surface area contributed by atoms with E-state index >= 15 is 0 Å². The van der Waals surface area contributed by atoms with E-state index in [1.165, 1.54) is 6.08 Å². The third-order valence-corrected chi connectivity index (χ3v) is 4.61. The lowest BCUT2D eigenvalue weighted by molar-refractivity contribution is -0.117. The summed E-state index contributed by atoms with van der Waals surface area (Å²) in [7, 11) is 0. The number of carbonyl (C=O) groups is 2. The van der Waals surface area contributed by atoms with Gasteiger partial charge in [-0.05, 0) is 47.9 Å². The second-order valence-corrected chi connectivity index (χ2v) is 6.48. The molecule has 2 amide bonds. The second-order valence-electron chi connectivity index (χ2n) is 6.48. The Morgan fingerprint density at radius 1 is 1.11 bits per heavy atom. The highest BCUT2D eigenvalue weighted by molar-refractivity contribution is 5.95. The summed E-state index contributed by atoms with van der Waals surface area (Å²) in [5, 5.41) is 2.85. The van der Waals surface area contributed by atoms with Crippen molar-refractivity contribution in [2.24, 2.45) is 0 Å². The maximum Gasteiger partial charge on any atom is 0.244 e. The molecule has 2 aliphatic rings. The molecule has 6 nitrogen and oxygen atoms in total. The van der Waals surface area contributed by atoms with Crippen LogP contribution >= 0.6 is 0 Å². The van der Waals surface area contributed by atoms with Gasteiger partial charge in [0.2, 0.25) is 18.6 Å². The van der Waals surface area contributed by atoms with Crippen molar-refractivity contribution in [3.63, 3.8) is 0 Å². The molecule has 138 valence electrons. The minimum atomic E-state index is -0.175. The first-order valence-electron chi connectivity index (χ1n) is 8.94. The van der Waals surface area contributed by atoms with Crippen molar-refractivity contribution >= 4 is 23.6 Å². The maximum atomic E-state index is 12.0. The van der Waals surface area contributed by atoms with Crippen LogP contribution in [0, 0.1) is 0 Å². The molecule has 2 aromatic rings. The number of benzene rings is 2. The van der Waals surface area contributed by atoms with E-state index in [0.29, 0.717) is 18.7 Å². The van der Waals surface area contributed by atoms with E-state index in [4.69, 9.17) is 9.47 Å². The maximum absolute atomic E-state index is 12.0. The zero-order chi connectivity index (χ0) is 18.6. The molecular formula is C21H20N2O4. The molecule has 6 heteroatoms. The van der Waals surface area contributed by atoms with Crippen molar-refractivity contribution in [2.75, 3.05) is 18.2 Å². The molecule has 1 saturated heterocycles. The van der Waals surface area contributed by atoms with E-state index in [1.807, 2.05) is 42.5 Å². The average molecular weight is 364 g/mol. The van der Waals surface area contributed by atoms with Gasteiger partial charge in [-0.1, -0.05) is 18.2 Å². The SMILES string of the molecule is O=C(/C=C/c1ccc(N2CCCC2=O)cc1)NCc1ccc2c(c1)OCO2. The zero-order valence-electron chi connectivity index (χ0n) is 14.8. The van der Waals surface area contributed by atoms with Gasteiger partial charge in [0.1, 0.15) is 0 Å². The van der Waals surface area contributed by atoms with Gasteiger partial charge in [-0.25, -0.2) is 0 Å². The quantitative estimate of drug-likeness (QED) is 0.829. The summed E-state index contributed by atoms with van der Waals surface area (Å²) in [6.07, 6.45) is 4.78. The number of hydrogen-bond acceptors (Lipinski definition) is 4. The lowest BCUT2D eigenvalue weighted by Gasteiger charge is -2.15. The lowest BCUT2D eigenvalue weighted by Crippen LogP contribution is -2.23. The molecule has 0 spiro atoms. The fourth-order valence-corrected chi connectivity index (χ4v) is 3.16. The van der Waals surface area contributed by atoms with E-state index in [0.717, 1.165) is 35.5 Å². The van der Waals surface area contributed by atoms with Gasteiger partial charge in [0.15, 0.2) is 11.5 Å². The Bertz CT molecular complexity index is 890. The van der Waals surface area contributed by atoms with Crippen LogP contribution in [0.15, 0.2) is 48.5 Å². The minimum Gasteiger partial charge on any atom is -0.454 e. The lowest BCUT2D eigenvalue weighted by atomic mass is 10.1. The molecule has 1 N–H and O–H groups in total. The summed E-state index contributed by atoms with van der Waals surface area (Å²) >= 11 is 0.